The van der Waals surface area contributed by atoms with Crippen molar-refractivity contribution < 1.29 is 4.79 Å². The van der Waals surface area contributed by atoms with Crippen LogP contribution < -0.4 is 5.56 Å². The number of nitrogens with zero attached hydrogens (tertiary/aromatic N) is 5. The van der Waals surface area contributed by atoms with Gasteiger partial charge in [0.15, 0.2) is 0 Å². The van der Waals surface area contributed by atoms with Crippen LogP contribution >= 0.6 is 11.3 Å². The van der Waals surface area contributed by atoms with Crippen LogP contribution in [0.1, 0.15) is 23.6 Å². The summed E-state index contributed by atoms with van der Waals surface area (Å²) in [5.74, 6) is 0.874. The van der Waals surface area contributed by atoms with Gasteiger partial charge in [0.2, 0.25) is 5.91 Å². The van der Waals surface area contributed by atoms with E-state index in [2.05, 4.69) is 10.1 Å². The van der Waals surface area contributed by atoms with Crippen LogP contribution in [-0.2, 0) is 24.3 Å². The molecule has 0 unspecified atom stereocenters. The predicted molar refractivity (Wildman–Crippen MR) is 100 cm³/mol. The molecule has 1 aliphatic heterocycles. The normalized spacial score (nSPS) is 14.5. The van der Waals surface area contributed by atoms with Gasteiger partial charge in [-0.15, -0.1) is 11.3 Å². The Kier molecular flexibility index (Phi) is 4.36. The number of thiophene rings is 1. The number of carbonyl (C=O) groups is 1. The number of aromatic nitrogens is 4. The summed E-state index contributed by atoms with van der Waals surface area (Å²) < 4.78 is 3.60. The van der Waals surface area contributed by atoms with Crippen molar-refractivity contribution in [3.05, 3.63) is 45.1 Å². The zero-order chi connectivity index (χ0) is 18.3. The van der Waals surface area contributed by atoms with E-state index >= 15 is 0 Å². The quantitative estimate of drug-likeness (QED) is 0.703. The molecule has 1 aliphatic rings. The maximum Gasteiger partial charge on any atom is 0.262 e. The average molecular weight is 371 g/mol. The lowest BCUT2D eigenvalue weighted by Crippen LogP contribution is -2.34. The zero-order valence-electron chi connectivity index (χ0n) is 14.9. The van der Waals surface area contributed by atoms with Crippen LogP contribution in [0.4, 0.5) is 0 Å². The van der Waals surface area contributed by atoms with Gasteiger partial charge in [0.1, 0.15) is 10.7 Å². The predicted octanol–water partition coefficient (Wildman–Crippen LogP) is 1.75. The molecule has 0 bridgehead atoms. The zero-order valence-corrected chi connectivity index (χ0v) is 15.8. The second-order valence-corrected chi connectivity index (χ2v) is 7.55. The smallest absolute Gasteiger partial charge is 0.262 e. The van der Waals surface area contributed by atoms with Crippen molar-refractivity contribution in [2.24, 2.45) is 0 Å². The molecule has 0 atom stereocenters. The summed E-state index contributed by atoms with van der Waals surface area (Å²) in [7, 11) is 0. The number of aryl methyl sites for hydroxylation is 3. The standard InChI is InChI=1S/C18H21N5O2S/c1-12-11-13(2)23(20-12)7-4-16(24)21-6-3-15-19-17-14(5-10-26-17)18(25)22(15)9-8-21/h5,10-11H,3-4,6-9H2,1-2H3. The molecule has 0 fully saturated rings. The molecule has 0 N–H and O–H groups in total. The van der Waals surface area contributed by atoms with E-state index in [1.54, 1.807) is 4.57 Å². The minimum atomic E-state index is 0.00295. The Hall–Kier alpha value is -2.48. The van der Waals surface area contributed by atoms with Crippen molar-refractivity contribution in [3.8, 4) is 0 Å². The fourth-order valence-corrected chi connectivity index (χ4v) is 4.26. The van der Waals surface area contributed by atoms with Gasteiger partial charge in [-0.25, -0.2) is 4.98 Å². The molecule has 4 rings (SSSR count). The molecule has 7 nitrogen and oxygen atoms in total. The fraction of sp³-hybridized carbons (Fsp3) is 0.444. The first-order chi connectivity index (χ1) is 12.5. The van der Waals surface area contributed by atoms with E-state index in [1.165, 1.54) is 11.3 Å². The monoisotopic (exact) mass is 371 g/mol. The molecule has 0 saturated heterocycles. The molecule has 3 aromatic rings. The summed E-state index contributed by atoms with van der Waals surface area (Å²) in [5.41, 5.74) is 2.03. The summed E-state index contributed by atoms with van der Waals surface area (Å²) in [6.45, 7) is 6.16. The molecule has 26 heavy (non-hydrogen) atoms. The Morgan fingerprint density at radius 2 is 2.12 bits per heavy atom. The van der Waals surface area contributed by atoms with Gasteiger partial charge < -0.3 is 4.90 Å². The number of rotatable bonds is 3. The lowest BCUT2D eigenvalue weighted by molar-refractivity contribution is -0.131. The lowest BCUT2D eigenvalue weighted by Gasteiger charge is -2.20. The SMILES string of the molecule is Cc1cc(C)n(CCC(=O)N2CCc3nc4sccc4c(=O)n3CC2)n1. The van der Waals surface area contributed by atoms with Crippen LogP contribution in [0.3, 0.4) is 0 Å². The third-order valence-electron chi connectivity index (χ3n) is 4.85. The molecule has 0 spiro atoms. The summed E-state index contributed by atoms with van der Waals surface area (Å²) in [4.78, 5) is 32.5. The first-order valence-corrected chi connectivity index (χ1v) is 9.66. The van der Waals surface area contributed by atoms with E-state index in [9.17, 15) is 9.59 Å². The van der Waals surface area contributed by atoms with Gasteiger partial charge in [0.05, 0.1) is 11.1 Å². The van der Waals surface area contributed by atoms with E-state index in [-0.39, 0.29) is 11.5 Å². The van der Waals surface area contributed by atoms with Gasteiger partial charge in [-0.1, -0.05) is 0 Å². The van der Waals surface area contributed by atoms with Crippen molar-refractivity contribution in [2.45, 2.75) is 39.8 Å². The van der Waals surface area contributed by atoms with Crippen LogP contribution in [0.2, 0.25) is 0 Å². The van der Waals surface area contributed by atoms with Crippen LogP contribution in [-0.4, -0.2) is 43.2 Å². The van der Waals surface area contributed by atoms with E-state index in [1.807, 2.05) is 40.9 Å². The highest BCUT2D eigenvalue weighted by Gasteiger charge is 2.21. The minimum absolute atomic E-state index is 0.00295. The number of hydrogen-bond donors (Lipinski definition) is 0. The van der Waals surface area contributed by atoms with Crippen LogP contribution in [0.25, 0.3) is 10.2 Å². The van der Waals surface area contributed by atoms with Crippen molar-refractivity contribution >= 4 is 27.5 Å². The van der Waals surface area contributed by atoms with Gasteiger partial charge in [-0.2, -0.15) is 5.10 Å². The summed E-state index contributed by atoms with van der Waals surface area (Å²) in [6, 6.07) is 3.83. The molecular weight excluding hydrogens is 350 g/mol. The van der Waals surface area contributed by atoms with Gasteiger partial charge in [-0.05, 0) is 31.4 Å². The highest BCUT2D eigenvalue weighted by molar-refractivity contribution is 7.16. The largest absolute Gasteiger partial charge is 0.340 e. The maximum atomic E-state index is 12.6. The van der Waals surface area contributed by atoms with Gasteiger partial charge >= 0.3 is 0 Å². The number of amides is 1. The molecule has 4 heterocycles. The molecule has 136 valence electrons. The second kappa shape index (κ2) is 6.68. The average Bonchev–Trinajstić information content (AvgIpc) is 3.13. The molecule has 0 radical (unpaired) electrons. The Bertz CT molecular complexity index is 1030. The summed E-state index contributed by atoms with van der Waals surface area (Å²) in [6.07, 6.45) is 1.02. The van der Waals surface area contributed by atoms with Crippen LogP contribution in [0.5, 0.6) is 0 Å². The summed E-state index contributed by atoms with van der Waals surface area (Å²) in [5, 5.41) is 6.97. The van der Waals surface area contributed by atoms with Gasteiger partial charge in [0, 0.05) is 44.7 Å². The lowest BCUT2D eigenvalue weighted by atomic mass is 10.3. The number of carbonyl (C=O) groups excluding carboxylic acids is 1. The van der Waals surface area contributed by atoms with Crippen molar-refractivity contribution in [1.29, 1.82) is 0 Å². The third-order valence-corrected chi connectivity index (χ3v) is 5.66. The Morgan fingerprint density at radius 1 is 1.27 bits per heavy atom. The number of fused-ring (bicyclic) bond motifs is 2. The molecule has 0 aromatic carbocycles. The molecule has 0 aliphatic carbocycles. The first kappa shape index (κ1) is 17.0. The Labute approximate surface area is 154 Å². The number of hydrogen-bond acceptors (Lipinski definition) is 5. The molecule has 1 amide bonds. The highest BCUT2D eigenvalue weighted by Crippen LogP contribution is 2.17. The first-order valence-electron chi connectivity index (χ1n) is 8.78. The maximum absolute atomic E-state index is 12.6. The van der Waals surface area contributed by atoms with E-state index in [4.69, 9.17) is 0 Å². The molecular formula is C18H21N5O2S. The highest BCUT2D eigenvalue weighted by atomic mass is 32.1. The summed E-state index contributed by atoms with van der Waals surface area (Å²) >= 11 is 1.48. The van der Waals surface area contributed by atoms with E-state index in [0.29, 0.717) is 44.4 Å². The Balaban J connectivity index is 1.46. The molecule has 8 heteroatoms. The van der Waals surface area contributed by atoms with Crippen molar-refractivity contribution in [1.82, 2.24) is 24.2 Å². The van der Waals surface area contributed by atoms with E-state index in [0.717, 1.165) is 22.0 Å². The van der Waals surface area contributed by atoms with Crippen molar-refractivity contribution in [2.75, 3.05) is 13.1 Å². The van der Waals surface area contributed by atoms with Gasteiger partial charge in [0.25, 0.3) is 5.56 Å². The second-order valence-electron chi connectivity index (χ2n) is 6.66. The fourth-order valence-electron chi connectivity index (χ4n) is 3.49. The Morgan fingerprint density at radius 3 is 2.88 bits per heavy atom. The van der Waals surface area contributed by atoms with E-state index < -0.39 is 0 Å². The van der Waals surface area contributed by atoms with Crippen LogP contribution in [0.15, 0.2) is 22.3 Å². The van der Waals surface area contributed by atoms with Crippen LogP contribution in [0, 0.1) is 13.8 Å². The topological polar surface area (TPSA) is 73.0 Å². The van der Waals surface area contributed by atoms with Crippen molar-refractivity contribution in [3.63, 3.8) is 0 Å². The van der Waals surface area contributed by atoms with Gasteiger partial charge in [-0.3, -0.25) is 18.8 Å². The third kappa shape index (κ3) is 3.05. The minimum Gasteiger partial charge on any atom is -0.340 e. The molecule has 0 saturated carbocycles. The molecule has 3 aromatic heterocycles.